The normalized spacial score (nSPS) is 17.2. The smallest absolute Gasteiger partial charge is 0.123 e. The van der Waals surface area contributed by atoms with E-state index >= 15 is 0 Å². The Bertz CT molecular complexity index is 692. The summed E-state index contributed by atoms with van der Waals surface area (Å²) in [6.07, 6.45) is 0.261. The number of ether oxygens (including phenoxy) is 1. The number of hydrogen-bond donors (Lipinski definition) is 1. The Hall–Kier alpha value is -1.32. The van der Waals surface area contributed by atoms with Gasteiger partial charge < -0.3 is 9.84 Å². The predicted molar refractivity (Wildman–Crippen MR) is 87.8 cm³/mol. The molecule has 0 spiro atoms. The maximum Gasteiger partial charge on any atom is 0.123 e. The third-order valence-corrected chi connectivity index (χ3v) is 4.87. The fourth-order valence-corrected chi connectivity index (χ4v) is 3.28. The third kappa shape index (κ3) is 2.72. The first kappa shape index (κ1) is 14.6. The number of halogens is 1. The second kappa shape index (κ2) is 5.15. The maximum absolute atomic E-state index is 10.7. The second-order valence-electron chi connectivity index (χ2n) is 6.26. The molecule has 1 atom stereocenters. The molecule has 0 saturated carbocycles. The Balaban J connectivity index is 1.97. The van der Waals surface area contributed by atoms with Crippen LogP contribution in [0.1, 0.15) is 42.2 Å². The molecule has 0 bridgehead atoms. The molecule has 0 aliphatic carbocycles. The lowest BCUT2D eigenvalue weighted by atomic mass is 9.94. The average Bonchev–Trinajstić information content (AvgIpc) is 2.73. The Morgan fingerprint density at radius 2 is 2.00 bits per heavy atom. The van der Waals surface area contributed by atoms with Gasteiger partial charge in [0.15, 0.2) is 0 Å². The van der Waals surface area contributed by atoms with E-state index in [1.807, 2.05) is 37.3 Å². The zero-order valence-electron chi connectivity index (χ0n) is 12.5. The molecule has 110 valence electrons. The minimum absolute atomic E-state index is 0.155. The van der Waals surface area contributed by atoms with Gasteiger partial charge in [-0.15, -0.1) is 0 Å². The van der Waals surface area contributed by atoms with Crippen molar-refractivity contribution in [2.24, 2.45) is 0 Å². The van der Waals surface area contributed by atoms with E-state index in [-0.39, 0.29) is 5.60 Å². The van der Waals surface area contributed by atoms with Crippen LogP contribution in [0.2, 0.25) is 0 Å². The van der Waals surface area contributed by atoms with Crippen molar-refractivity contribution in [3.63, 3.8) is 0 Å². The Labute approximate surface area is 133 Å². The highest BCUT2D eigenvalue weighted by molar-refractivity contribution is 9.10. The molecule has 1 aliphatic heterocycles. The minimum Gasteiger partial charge on any atom is -0.487 e. The molecular weight excluding hydrogens is 328 g/mol. The fraction of sp³-hybridized carbons (Fsp3) is 0.333. The Morgan fingerprint density at radius 3 is 2.76 bits per heavy atom. The third-order valence-electron chi connectivity index (χ3n) is 4.01. The monoisotopic (exact) mass is 346 g/mol. The van der Waals surface area contributed by atoms with Crippen LogP contribution >= 0.6 is 15.9 Å². The Kier molecular flexibility index (Phi) is 3.58. The van der Waals surface area contributed by atoms with Crippen molar-refractivity contribution in [1.82, 2.24) is 0 Å². The highest BCUT2D eigenvalue weighted by Crippen LogP contribution is 2.37. The molecule has 3 rings (SSSR count). The molecule has 0 saturated heterocycles. The van der Waals surface area contributed by atoms with Crippen LogP contribution in [0.25, 0.3) is 0 Å². The molecule has 21 heavy (non-hydrogen) atoms. The summed E-state index contributed by atoms with van der Waals surface area (Å²) in [5.74, 6) is 0.932. The number of benzene rings is 2. The van der Waals surface area contributed by atoms with E-state index in [0.29, 0.717) is 0 Å². The van der Waals surface area contributed by atoms with Crippen LogP contribution in [0.15, 0.2) is 40.9 Å². The molecule has 0 fully saturated rings. The molecule has 1 heterocycles. The molecule has 2 aromatic carbocycles. The highest BCUT2D eigenvalue weighted by Gasteiger charge is 2.30. The van der Waals surface area contributed by atoms with Crippen molar-refractivity contribution < 1.29 is 9.84 Å². The molecule has 3 heteroatoms. The van der Waals surface area contributed by atoms with Crippen molar-refractivity contribution in [2.75, 3.05) is 0 Å². The van der Waals surface area contributed by atoms with Crippen LogP contribution in [0, 0.1) is 6.92 Å². The topological polar surface area (TPSA) is 29.5 Å². The molecule has 0 aromatic heterocycles. The van der Waals surface area contributed by atoms with Gasteiger partial charge in [-0.05, 0) is 61.2 Å². The van der Waals surface area contributed by atoms with Crippen LogP contribution in [-0.4, -0.2) is 10.7 Å². The average molecular weight is 347 g/mol. The summed E-state index contributed by atoms with van der Waals surface area (Å²) in [6.45, 7) is 6.19. The van der Waals surface area contributed by atoms with Gasteiger partial charge in [0, 0.05) is 10.9 Å². The summed E-state index contributed by atoms with van der Waals surface area (Å²) in [7, 11) is 0. The first-order valence-electron chi connectivity index (χ1n) is 7.12. The number of rotatable bonds is 2. The molecule has 1 unspecified atom stereocenters. The van der Waals surface area contributed by atoms with Crippen molar-refractivity contribution in [2.45, 2.75) is 38.9 Å². The van der Waals surface area contributed by atoms with E-state index in [9.17, 15) is 5.11 Å². The molecule has 1 aliphatic rings. The zero-order valence-corrected chi connectivity index (χ0v) is 14.1. The summed E-state index contributed by atoms with van der Waals surface area (Å²) >= 11 is 3.52. The second-order valence-corrected chi connectivity index (χ2v) is 7.12. The molecule has 0 amide bonds. The van der Waals surface area contributed by atoms with E-state index in [1.165, 1.54) is 5.56 Å². The Morgan fingerprint density at radius 1 is 1.24 bits per heavy atom. The molecule has 1 N–H and O–H groups in total. The van der Waals surface area contributed by atoms with Gasteiger partial charge in [0.05, 0.1) is 0 Å². The van der Waals surface area contributed by atoms with Gasteiger partial charge >= 0.3 is 0 Å². The van der Waals surface area contributed by atoms with Crippen molar-refractivity contribution in [3.8, 4) is 5.75 Å². The largest absolute Gasteiger partial charge is 0.487 e. The fourth-order valence-electron chi connectivity index (χ4n) is 2.90. The number of fused-ring (bicyclic) bond motifs is 1. The van der Waals surface area contributed by atoms with Crippen molar-refractivity contribution >= 4 is 15.9 Å². The predicted octanol–water partition coefficient (Wildman–Crippen LogP) is 4.55. The lowest BCUT2D eigenvalue weighted by Gasteiger charge is -2.16. The maximum atomic E-state index is 10.7. The van der Waals surface area contributed by atoms with Gasteiger partial charge in [-0.25, -0.2) is 0 Å². The van der Waals surface area contributed by atoms with Gasteiger partial charge in [-0.1, -0.05) is 34.1 Å². The van der Waals surface area contributed by atoms with E-state index in [2.05, 4.69) is 35.8 Å². The summed E-state index contributed by atoms with van der Waals surface area (Å²) in [5, 5.41) is 10.7. The zero-order chi connectivity index (χ0) is 15.2. The summed E-state index contributed by atoms with van der Waals surface area (Å²) in [4.78, 5) is 0. The van der Waals surface area contributed by atoms with Crippen molar-refractivity contribution in [1.29, 1.82) is 0 Å². The summed E-state index contributed by atoms with van der Waals surface area (Å²) < 4.78 is 6.91. The lowest BCUT2D eigenvalue weighted by Crippen LogP contribution is -2.24. The van der Waals surface area contributed by atoms with E-state index in [1.54, 1.807) is 0 Å². The van der Waals surface area contributed by atoms with Gasteiger partial charge in [0.1, 0.15) is 17.5 Å². The van der Waals surface area contributed by atoms with E-state index in [4.69, 9.17) is 4.74 Å². The van der Waals surface area contributed by atoms with Crippen LogP contribution in [0.3, 0.4) is 0 Å². The van der Waals surface area contributed by atoms with Crippen LogP contribution in [-0.2, 0) is 6.42 Å². The molecule has 2 nitrogen and oxygen atoms in total. The molecular formula is C18H19BrO2. The quantitative estimate of drug-likeness (QED) is 0.863. The minimum atomic E-state index is -0.614. The summed E-state index contributed by atoms with van der Waals surface area (Å²) in [5.41, 5.74) is 3.93. The van der Waals surface area contributed by atoms with Crippen LogP contribution < -0.4 is 4.74 Å². The number of hydrogen-bond acceptors (Lipinski definition) is 2. The first-order valence-corrected chi connectivity index (χ1v) is 7.91. The van der Waals surface area contributed by atoms with Gasteiger partial charge in [-0.2, -0.15) is 0 Å². The van der Waals surface area contributed by atoms with E-state index < -0.39 is 6.10 Å². The molecule has 0 radical (unpaired) electrons. The summed E-state index contributed by atoms with van der Waals surface area (Å²) in [6, 6.07) is 11.9. The molecule has 2 aromatic rings. The highest BCUT2D eigenvalue weighted by atomic mass is 79.9. The first-order chi connectivity index (χ1) is 9.87. The van der Waals surface area contributed by atoms with E-state index in [0.717, 1.165) is 33.3 Å². The van der Waals surface area contributed by atoms with Gasteiger partial charge in [0.2, 0.25) is 0 Å². The van der Waals surface area contributed by atoms with Crippen LogP contribution in [0.5, 0.6) is 5.75 Å². The SMILES string of the molecule is Cc1c(Br)cccc1C(O)c1ccc2c(c1)CC(C)(C)O2. The standard InChI is InChI=1S/C18H19BrO2/c1-11-14(5-4-6-15(11)19)17(20)12-7-8-16-13(9-12)10-18(2,3)21-16/h4-9,17,20H,10H2,1-3H3. The van der Waals surface area contributed by atoms with Crippen molar-refractivity contribution in [3.05, 3.63) is 63.1 Å². The van der Waals surface area contributed by atoms with Gasteiger partial charge in [-0.3, -0.25) is 0 Å². The van der Waals surface area contributed by atoms with Crippen LogP contribution in [0.4, 0.5) is 0 Å². The lowest BCUT2D eigenvalue weighted by molar-refractivity contribution is 0.138. The van der Waals surface area contributed by atoms with Gasteiger partial charge in [0.25, 0.3) is 0 Å². The number of aliphatic hydroxyl groups is 1. The number of aliphatic hydroxyl groups excluding tert-OH is 1.